The summed E-state index contributed by atoms with van der Waals surface area (Å²) in [6.45, 7) is 4.18. The molecule has 0 aliphatic carbocycles. The number of amides is 1. The summed E-state index contributed by atoms with van der Waals surface area (Å²) in [5, 5.41) is 3.04. The molecule has 0 spiro atoms. The van der Waals surface area contributed by atoms with Gasteiger partial charge in [-0.05, 0) is 24.5 Å². The van der Waals surface area contributed by atoms with E-state index in [9.17, 15) is 14.4 Å². The lowest BCUT2D eigenvalue weighted by Gasteiger charge is -2.15. The van der Waals surface area contributed by atoms with E-state index >= 15 is 0 Å². The summed E-state index contributed by atoms with van der Waals surface area (Å²) in [4.78, 5) is 41.9. The van der Waals surface area contributed by atoms with Gasteiger partial charge in [0.2, 0.25) is 0 Å². The SMILES string of the molecule is Cc1cc(C(=O)NC[C@H](C)c2ccccc2)c2c(=O)n(C)c(=O)n(C)c2n1. The predicted molar refractivity (Wildman–Crippen MR) is 104 cm³/mol. The Bertz CT molecular complexity index is 1130. The maximum atomic E-state index is 12.8. The molecule has 3 rings (SSSR count). The molecule has 27 heavy (non-hydrogen) atoms. The maximum absolute atomic E-state index is 12.8. The lowest BCUT2D eigenvalue weighted by Crippen LogP contribution is -2.39. The molecular formula is C20H22N4O3. The molecule has 2 aromatic heterocycles. The molecule has 2 heterocycles. The van der Waals surface area contributed by atoms with E-state index in [2.05, 4.69) is 10.3 Å². The largest absolute Gasteiger partial charge is 0.351 e. The van der Waals surface area contributed by atoms with Crippen molar-refractivity contribution >= 4 is 16.9 Å². The topological polar surface area (TPSA) is 86.0 Å². The number of nitrogens with zero attached hydrogens (tertiary/aromatic N) is 3. The molecule has 7 heteroatoms. The van der Waals surface area contributed by atoms with Crippen LogP contribution in [0, 0.1) is 6.92 Å². The summed E-state index contributed by atoms with van der Waals surface area (Å²) in [5.74, 6) is -0.236. The number of hydrogen-bond acceptors (Lipinski definition) is 4. The summed E-state index contributed by atoms with van der Waals surface area (Å²) in [6.07, 6.45) is 0. The molecular weight excluding hydrogens is 344 g/mol. The van der Waals surface area contributed by atoms with Crippen LogP contribution in [0.3, 0.4) is 0 Å². The van der Waals surface area contributed by atoms with Crippen LogP contribution in [0.1, 0.15) is 34.5 Å². The molecule has 0 saturated heterocycles. The van der Waals surface area contributed by atoms with Crippen LogP contribution in [0.2, 0.25) is 0 Å². The third-order valence-electron chi connectivity index (χ3n) is 4.72. The first-order valence-electron chi connectivity index (χ1n) is 8.71. The fourth-order valence-electron chi connectivity index (χ4n) is 3.10. The molecule has 0 bridgehead atoms. The van der Waals surface area contributed by atoms with Crippen molar-refractivity contribution < 1.29 is 4.79 Å². The zero-order chi connectivity index (χ0) is 19.7. The van der Waals surface area contributed by atoms with E-state index in [1.165, 1.54) is 18.7 Å². The van der Waals surface area contributed by atoms with Crippen molar-refractivity contribution in [1.82, 2.24) is 19.4 Å². The summed E-state index contributed by atoms with van der Waals surface area (Å²) < 4.78 is 2.27. The first kappa shape index (κ1) is 18.6. The highest BCUT2D eigenvalue weighted by atomic mass is 16.2. The second-order valence-electron chi connectivity index (χ2n) is 6.74. The Balaban J connectivity index is 2.00. The van der Waals surface area contributed by atoms with Crippen LogP contribution in [-0.2, 0) is 14.1 Å². The van der Waals surface area contributed by atoms with Crippen LogP contribution >= 0.6 is 0 Å². The van der Waals surface area contributed by atoms with Crippen LogP contribution in [0.4, 0.5) is 0 Å². The van der Waals surface area contributed by atoms with Gasteiger partial charge >= 0.3 is 5.69 Å². The summed E-state index contributed by atoms with van der Waals surface area (Å²) in [5.41, 5.74) is 1.12. The zero-order valence-electron chi connectivity index (χ0n) is 15.8. The van der Waals surface area contributed by atoms with E-state index in [-0.39, 0.29) is 28.4 Å². The summed E-state index contributed by atoms with van der Waals surface area (Å²) in [7, 11) is 2.93. The minimum atomic E-state index is -0.526. The summed E-state index contributed by atoms with van der Waals surface area (Å²) in [6, 6.07) is 11.5. The molecule has 0 fully saturated rings. The minimum Gasteiger partial charge on any atom is -0.351 e. The number of carbonyl (C=O) groups is 1. The van der Waals surface area contributed by atoms with Gasteiger partial charge in [0.05, 0.1) is 10.9 Å². The quantitative estimate of drug-likeness (QED) is 0.758. The Kier molecular flexibility index (Phi) is 4.94. The Morgan fingerprint density at radius 1 is 1.15 bits per heavy atom. The van der Waals surface area contributed by atoms with Crippen molar-refractivity contribution in [3.8, 4) is 0 Å². The fraction of sp³-hybridized carbons (Fsp3) is 0.300. The third-order valence-corrected chi connectivity index (χ3v) is 4.72. The van der Waals surface area contributed by atoms with E-state index in [1.54, 1.807) is 13.0 Å². The Hall–Kier alpha value is -3.22. The second kappa shape index (κ2) is 7.19. The van der Waals surface area contributed by atoms with Crippen molar-refractivity contribution in [2.45, 2.75) is 19.8 Å². The first-order chi connectivity index (χ1) is 12.8. The summed E-state index contributed by atoms with van der Waals surface area (Å²) >= 11 is 0. The number of aryl methyl sites for hydroxylation is 2. The molecule has 1 amide bonds. The first-order valence-corrected chi connectivity index (χ1v) is 8.71. The van der Waals surface area contributed by atoms with Crippen molar-refractivity contribution in [2.75, 3.05) is 6.54 Å². The molecule has 0 saturated carbocycles. The molecule has 1 N–H and O–H groups in total. The lowest BCUT2D eigenvalue weighted by molar-refractivity contribution is 0.0953. The minimum absolute atomic E-state index is 0.122. The highest BCUT2D eigenvalue weighted by Crippen LogP contribution is 2.16. The van der Waals surface area contributed by atoms with Gasteiger partial charge in [-0.1, -0.05) is 37.3 Å². The number of pyridine rings is 1. The molecule has 0 unspecified atom stereocenters. The number of benzene rings is 1. The molecule has 0 aliphatic rings. The van der Waals surface area contributed by atoms with Crippen LogP contribution < -0.4 is 16.6 Å². The van der Waals surface area contributed by atoms with E-state index in [4.69, 9.17) is 0 Å². The van der Waals surface area contributed by atoms with Gasteiger partial charge in [-0.3, -0.25) is 18.7 Å². The average Bonchev–Trinajstić information content (AvgIpc) is 2.68. The molecule has 0 aliphatic heterocycles. The number of nitrogens with one attached hydrogen (secondary N) is 1. The smallest absolute Gasteiger partial charge is 0.332 e. The van der Waals surface area contributed by atoms with Crippen molar-refractivity contribution in [1.29, 1.82) is 0 Å². The number of hydrogen-bond donors (Lipinski definition) is 1. The maximum Gasteiger partial charge on any atom is 0.332 e. The predicted octanol–water partition coefficient (Wildman–Crippen LogP) is 1.47. The van der Waals surface area contributed by atoms with Crippen LogP contribution in [-0.4, -0.2) is 26.6 Å². The van der Waals surface area contributed by atoms with Crippen molar-refractivity contribution in [3.05, 3.63) is 74.1 Å². The highest BCUT2D eigenvalue weighted by molar-refractivity contribution is 6.05. The van der Waals surface area contributed by atoms with Gasteiger partial charge in [0.1, 0.15) is 5.65 Å². The van der Waals surface area contributed by atoms with Gasteiger partial charge in [0.15, 0.2) is 0 Å². The van der Waals surface area contributed by atoms with Gasteiger partial charge in [-0.15, -0.1) is 0 Å². The lowest BCUT2D eigenvalue weighted by atomic mass is 10.0. The monoisotopic (exact) mass is 366 g/mol. The van der Waals surface area contributed by atoms with E-state index in [1.807, 2.05) is 37.3 Å². The van der Waals surface area contributed by atoms with Gasteiger partial charge in [0.25, 0.3) is 11.5 Å². The number of carbonyl (C=O) groups excluding carboxylic acids is 1. The Morgan fingerprint density at radius 2 is 1.81 bits per heavy atom. The highest BCUT2D eigenvalue weighted by Gasteiger charge is 2.19. The Labute approximate surface area is 156 Å². The van der Waals surface area contributed by atoms with Crippen LogP contribution in [0.25, 0.3) is 11.0 Å². The van der Waals surface area contributed by atoms with Crippen LogP contribution in [0.5, 0.6) is 0 Å². The molecule has 140 valence electrons. The van der Waals surface area contributed by atoms with Gasteiger partial charge < -0.3 is 5.32 Å². The van der Waals surface area contributed by atoms with Gasteiger partial charge in [0, 0.05) is 26.3 Å². The van der Waals surface area contributed by atoms with Gasteiger partial charge in [-0.25, -0.2) is 9.78 Å². The zero-order valence-corrected chi connectivity index (χ0v) is 15.8. The molecule has 1 atom stereocenters. The van der Waals surface area contributed by atoms with Gasteiger partial charge in [-0.2, -0.15) is 0 Å². The number of rotatable bonds is 4. The second-order valence-corrected chi connectivity index (χ2v) is 6.74. The fourth-order valence-corrected chi connectivity index (χ4v) is 3.10. The molecule has 1 aromatic carbocycles. The van der Waals surface area contributed by atoms with Crippen molar-refractivity contribution in [3.63, 3.8) is 0 Å². The average molecular weight is 366 g/mol. The van der Waals surface area contributed by atoms with Crippen LogP contribution in [0.15, 0.2) is 46.0 Å². The molecule has 7 nitrogen and oxygen atoms in total. The standard InChI is InChI=1S/C20H22N4O3/c1-12(14-8-6-5-7-9-14)11-21-18(25)15-10-13(2)22-17-16(15)19(26)24(4)20(27)23(17)3/h5-10,12H,11H2,1-4H3,(H,21,25)/t12-/m0/s1. The Morgan fingerprint density at radius 3 is 2.48 bits per heavy atom. The molecule has 0 radical (unpaired) electrons. The normalized spacial score (nSPS) is 12.1. The number of aromatic nitrogens is 3. The van der Waals surface area contributed by atoms with E-state index < -0.39 is 11.2 Å². The molecule has 3 aromatic rings. The van der Waals surface area contributed by atoms with E-state index in [0.717, 1.165) is 10.1 Å². The van der Waals surface area contributed by atoms with Crippen molar-refractivity contribution in [2.24, 2.45) is 14.1 Å². The van der Waals surface area contributed by atoms with E-state index in [0.29, 0.717) is 12.2 Å². The number of fused-ring (bicyclic) bond motifs is 1. The third kappa shape index (κ3) is 3.40.